The first-order chi connectivity index (χ1) is 7.72. The summed E-state index contributed by atoms with van der Waals surface area (Å²) in [7, 11) is 0. The second-order valence-corrected chi connectivity index (χ2v) is 4.48. The molecule has 4 nitrogen and oxygen atoms in total. The number of hydrogen-bond donors (Lipinski definition) is 2. The second kappa shape index (κ2) is 7.63. The smallest absolute Gasteiger partial charge is 0.221 e. The van der Waals surface area contributed by atoms with E-state index in [9.17, 15) is 4.79 Å². The SMILES string of the molecule is CCOCC(C)NC(=O)CC1CCCCN1. The maximum Gasteiger partial charge on any atom is 0.221 e. The third-order valence-corrected chi connectivity index (χ3v) is 2.82. The minimum atomic E-state index is 0.107. The highest BCUT2D eigenvalue weighted by atomic mass is 16.5. The Morgan fingerprint density at radius 3 is 3.00 bits per heavy atom. The molecule has 94 valence electrons. The molecule has 1 rings (SSSR count). The summed E-state index contributed by atoms with van der Waals surface area (Å²) in [4.78, 5) is 11.7. The van der Waals surface area contributed by atoms with Crippen molar-refractivity contribution in [2.24, 2.45) is 0 Å². The molecule has 4 heteroatoms. The van der Waals surface area contributed by atoms with Crippen LogP contribution in [0.2, 0.25) is 0 Å². The van der Waals surface area contributed by atoms with E-state index in [-0.39, 0.29) is 11.9 Å². The summed E-state index contributed by atoms with van der Waals surface area (Å²) in [5.41, 5.74) is 0. The summed E-state index contributed by atoms with van der Waals surface area (Å²) in [6.45, 7) is 6.28. The number of rotatable bonds is 6. The minimum Gasteiger partial charge on any atom is -0.380 e. The van der Waals surface area contributed by atoms with Crippen molar-refractivity contribution in [1.82, 2.24) is 10.6 Å². The highest BCUT2D eigenvalue weighted by Crippen LogP contribution is 2.09. The van der Waals surface area contributed by atoms with E-state index in [4.69, 9.17) is 4.74 Å². The van der Waals surface area contributed by atoms with Crippen LogP contribution in [0.3, 0.4) is 0 Å². The maximum absolute atomic E-state index is 11.7. The lowest BCUT2D eigenvalue weighted by Crippen LogP contribution is -2.42. The lowest BCUT2D eigenvalue weighted by Gasteiger charge is -2.23. The number of hydrogen-bond acceptors (Lipinski definition) is 3. The van der Waals surface area contributed by atoms with Gasteiger partial charge < -0.3 is 15.4 Å². The fourth-order valence-electron chi connectivity index (χ4n) is 1.99. The highest BCUT2D eigenvalue weighted by molar-refractivity contribution is 5.76. The van der Waals surface area contributed by atoms with Crippen LogP contribution in [-0.2, 0) is 9.53 Å². The van der Waals surface area contributed by atoms with Gasteiger partial charge in [0.25, 0.3) is 0 Å². The van der Waals surface area contributed by atoms with Gasteiger partial charge in [-0.25, -0.2) is 0 Å². The van der Waals surface area contributed by atoms with Crippen molar-refractivity contribution in [2.75, 3.05) is 19.8 Å². The molecular formula is C12H24N2O2. The molecule has 0 aromatic rings. The first-order valence-corrected chi connectivity index (χ1v) is 6.33. The lowest BCUT2D eigenvalue weighted by atomic mass is 10.0. The van der Waals surface area contributed by atoms with Gasteiger partial charge in [-0.2, -0.15) is 0 Å². The van der Waals surface area contributed by atoms with Gasteiger partial charge in [0.15, 0.2) is 0 Å². The van der Waals surface area contributed by atoms with Gasteiger partial charge in [-0.3, -0.25) is 4.79 Å². The van der Waals surface area contributed by atoms with E-state index in [0.29, 0.717) is 25.7 Å². The van der Waals surface area contributed by atoms with Crippen LogP contribution in [0.4, 0.5) is 0 Å². The van der Waals surface area contributed by atoms with E-state index in [1.165, 1.54) is 12.8 Å². The van der Waals surface area contributed by atoms with Gasteiger partial charge >= 0.3 is 0 Å². The normalized spacial score (nSPS) is 22.8. The Labute approximate surface area is 98.1 Å². The average molecular weight is 228 g/mol. The molecule has 0 aliphatic carbocycles. The van der Waals surface area contributed by atoms with Gasteiger partial charge in [0, 0.05) is 25.1 Å². The van der Waals surface area contributed by atoms with Gasteiger partial charge in [-0.15, -0.1) is 0 Å². The third kappa shape index (κ3) is 5.47. The molecule has 1 heterocycles. The van der Waals surface area contributed by atoms with Crippen LogP contribution in [0.25, 0.3) is 0 Å². The van der Waals surface area contributed by atoms with Crippen molar-refractivity contribution in [3.63, 3.8) is 0 Å². The van der Waals surface area contributed by atoms with E-state index in [2.05, 4.69) is 10.6 Å². The van der Waals surface area contributed by atoms with Crippen molar-refractivity contribution in [3.8, 4) is 0 Å². The second-order valence-electron chi connectivity index (χ2n) is 4.48. The molecule has 1 aliphatic heterocycles. The molecule has 16 heavy (non-hydrogen) atoms. The van der Waals surface area contributed by atoms with Gasteiger partial charge in [0.2, 0.25) is 5.91 Å². The molecule has 2 atom stereocenters. The molecule has 0 radical (unpaired) electrons. The molecule has 0 aromatic carbocycles. The summed E-state index contributed by atoms with van der Waals surface area (Å²) < 4.78 is 5.26. The van der Waals surface area contributed by atoms with E-state index < -0.39 is 0 Å². The molecule has 0 saturated carbocycles. The Bertz CT molecular complexity index is 203. The van der Waals surface area contributed by atoms with Crippen LogP contribution in [0.1, 0.15) is 39.5 Å². The fourth-order valence-corrected chi connectivity index (χ4v) is 1.99. The molecule has 0 aromatic heterocycles. The largest absolute Gasteiger partial charge is 0.380 e. The lowest BCUT2D eigenvalue weighted by molar-refractivity contribution is -0.122. The number of nitrogens with one attached hydrogen (secondary N) is 2. The van der Waals surface area contributed by atoms with Gasteiger partial charge in [-0.05, 0) is 33.2 Å². The maximum atomic E-state index is 11.7. The summed E-state index contributed by atoms with van der Waals surface area (Å²) in [5, 5.41) is 6.33. The Morgan fingerprint density at radius 1 is 1.56 bits per heavy atom. The van der Waals surface area contributed by atoms with E-state index in [1.807, 2.05) is 13.8 Å². The van der Waals surface area contributed by atoms with Gasteiger partial charge in [0.1, 0.15) is 0 Å². The first-order valence-electron chi connectivity index (χ1n) is 6.33. The number of amides is 1. The zero-order valence-electron chi connectivity index (χ0n) is 10.4. The van der Waals surface area contributed by atoms with Gasteiger partial charge in [0.05, 0.1) is 6.61 Å². The topological polar surface area (TPSA) is 50.4 Å². The van der Waals surface area contributed by atoms with Crippen LogP contribution in [-0.4, -0.2) is 37.7 Å². The zero-order valence-corrected chi connectivity index (χ0v) is 10.4. The fraction of sp³-hybridized carbons (Fsp3) is 0.917. The van der Waals surface area contributed by atoms with Crippen LogP contribution in [0.15, 0.2) is 0 Å². The van der Waals surface area contributed by atoms with Crippen molar-refractivity contribution < 1.29 is 9.53 Å². The summed E-state index contributed by atoms with van der Waals surface area (Å²) in [6, 6.07) is 0.476. The molecule has 0 spiro atoms. The average Bonchev–Trinajstić information content (AvgIpc) is 2.27. The predicted molar refractivity (Wildman–Crippen MR) is 64.4 cm³/mol. The van der Waals surface area contributed by atoms with Crippen LogP contribution in [0.5, 0.6) is 0 Å². The van der Waals surface area contributed by atoms with Crippen LogP contribution in [0, 0.1) is 0 Å². The van der Waals surface area contributed by atoms with Crippen molar-refractivity contribution >= 4 is 5.91 Å². The van der Waals surface area contributed by atoms with E-state index >= 15 is 0 Å². The first kappa shape index (κ1) is 13.5. The summed E-state index contributed by atoms with van der Waals surface area (Å²) in [6.07, 6.45) is 4.18. The Balaban J connectivity index is 2.13. The molecule has 0 bridgehead atoms. The van der Waals surface area contributed by atoms with E-state index in [0.717, 1.165) is 13.0 Å². The number of carbonyl (C=O) groups excluding carboxylic acids is 1. The Kier molecular flexibility index (Phi) is 6.42. The van der Waals surface area contributed by atoms with Crippen molar-refractivity contribution in [1.29, 1.82) is 0 Å². The predicted octanol–water partition coefficient (Wildman–Crippen LogP) is 1.06. The van der Waals surface area contributed by atoms with Gasteiger partial charge in [-0.1, -0.05) is 6.42 Å². The summed E-state index contributed by atoms with van der Waals surface area (Å²) >= 11 is 0. The van der Waals surface area contributed by atoms with Crippen molar-refractivity contribution in [2.45, 2.75) is 51.6 Å². The molecule has 2 N–H and O–H groups in total. The minimum absolute atomic E-state index is 0.107. The molecule has 1 fully saturated rings. The number of ether oxygens (including phenoxy) is 1. The van der Waals surface area contributed by atoms with E-state index in [1.54, 1.807) is 0 Å². The third-order valence-electron chi connectivity index (χ3n) is 2.82. The number of piperidine rings is 1. The monoisotopic (exact) mass is 228 g/mol. The molecule has 1 aliphatic rings. The highest BCUT2D eigenvalue weighted by Gasteiger charge is 2.17. The quantitative estimate of drug-likeness (QED) is 0.714. The van der Waals surface area contributed by atoms with Crippen LogP contribution >= 0.6 is 0 Å². The van der Waals surface area contributed by atoms with Crippen LogP contribution < -0.4 is 10.6 Å². The Morgan fingerprint density at radius 2 is 2.38 bits per heavy atom. The standard InChI is InChI=1S/C12H24N2O2/c1-3-16-9-10(2)14-12(15)8-11-6-4-5-7-13-11/h10-11,13H,3-9H2,1-2H3,(H,14,15). The zero-order chi connectivity index (χ0) is 11.8. The molecular weight excluding hydrogens is 204 g/mol. The molecule has 1 saturated heterocycles. The Hall–Kier alpha value is -0.610. The molecule has 1 amide bonds. The van der Waals surface area contributed by atoms with Crippen molar-refractivity contribution in [3.05, 3.63) is 0 Å². The molecule has 2 unspecified atom stereocenters. The summed E-state index contributed by atoms with van der Waals surface area (Å²) in [5.74, 6) is 0.131. The number of carbonyl (C=O) groups is 1.